The normalized spacial score (nSPS) is 9.39. The van der Waals surface area contributed by atoms with E-state index in [0.29, 0.717) is 24.3 Å². The standard InChI is InChI=1S/C13H17N3O2/c1-3-8-15-13(18)16-11-7-5-6-10(9-11)12(17)14-4-2/h3,5-7,9H,1,4,8H2,2H3,(H,14,17)(H2,15,16,18). The van der Waals surface area contributed by atoms with Crippen LogP contribution in [0.15, 0.2) is 36.9 Å². The fourth-order valence-electron chi connectivity index (χ4n) is 1.34. The number of benzene rings is 1. The third kappa shape index (κ3) is 4.29. The minimum Gasteiger partial charge on any atom is -0.352 e. The molecule has 18 heavy (non-hydrogen) atoms. The Morgan fingerprint density at radius 3 is 2.78 bits per heavy atom. The summed E-state index contributed by atoms with van der Waals surface area (Å²) in [5.74, 6) is -0.160. The molecule has 3 amide bonds. The molecule has 0 bridgehead atoms. The molecule has 0 radical (unpaired) electrons. The van der Waals surface area contributed by atoms with Crippen LogP contribution in [0.4, 0.5) is 10.5 Å². The number of carbonyl (C=O) groups is 2. The van der Waals surface area contributed by atoms with Gasteiger partial charge in [-0.15, -0.1) is 6.58 Å². The third-order valence-corrected chi connectivity index (χ3v) is 2.13. The van der Waals surface area contributed by atoms with Gasteiger partial charge in [0.05, 0.1) is 0 Å². The fourth-order valence-corrected chi connectivity index (χ4v) is 1.34. The summed E-state index contributed by atoms with van der Waals surface area (Å²) in [6, 6.07) is 6.42. The van der Waals surface area contributed by atoms with Gasteiger partial charge in [-0.1, -0.05) is 12.1 Å². The highest BCUT2D eigenvalue weighted by atomic mass is 16.2. The Balaban J connectivity index is 2.67. The number of hydrogen-bond acceptors (Lipinski definition) is 2. The van der Waals surface area contributed by atoms with Crippen molar-refractivity contribution in [1.82, 2.24) is 10.6 Å². The van der Waals surface area contributed by atoms with E-state index in [0.717, 1.165) is 0 Å². The molecular weight excluding hydrogens is 230 g/mol. The van der Waals surface area contributed by atoms with Crippen molar-refractivity contribution in [3.63, 3.8) is 0 Å². The smallest absolute Gasteiger partial charge is 0.319 e. The van der Waals surface area contributed by atoms with Gasteiger partial charge in [-0.2, -0.15) is 0 Å². The Labute approximate surface area is 106 Å². The Morgan fingerprint density at radius 2 is 2.11 bits per heavy atom. The molecule has 0 aliphatic rings. The van der Waals surface area contributed by atoms with E-state index in [1.165, 1.54) is 0 Å². The molecule has 1 aromatic carbocycles. The number of hydrogen-bond donors (Lipinski definition) is 3. The summed E-state index contributed by atoms with van der Waals surface area (Å²) in [4.78, 5) is 23.0. The maximum atomic E-state index is 11.6. The molecule has 0 spiro atoms. The summed E-state index contributed by atoms with van der Waals surface area (Å²) in [6.07, 6.45) is 1.59. The molecule has 0 unspecified atom stereocenters. The minimum atomic E-state index is -0.331. The molecule has 0 aliphatic heterocycles. The molecule has 0 aliphatic carbocycles. The van der Waals surface area contributed by atoms with Crippen LogP contribution in [0.3, 0.4) is 0 Å². The SMILES string of the molecule is C=CCNC(=O)Nc1cccc(C(=O)NCC)c1. The van der Waals surface area contributed by atoms with E-state index in [2.05, 4.69) is 22.5 Å². The number of urea groups is 1. The summed E-state index contributed by atoms with van der Waals surface area (Å²) < 4.78 is 0. The van der Waals surface area contributed by atoms with Crippen molar-refractivity contribution in [3.05, 3.63) is 42.5 Å². The lowest BCUT2D eigenvalue weighted by atomic mass is 10.2. The van der Waals surface area contributed by atoms with Crippen molar-refractivity contribution in [3.8, 4) is 0 Å². The number of carbonyl (C=O) groups excluding carboxylic acids is 2. The lowest BCUT2D eigenvalue weighted by molar-refractivity contribution is 0.0956. The van der Waals surface area contributed by atoms with Crippen LogP contribution in [-0.4, -0.2) is 25.0 Å². The maximum Gasteiger partial charge on any atom is 0.319 e. The van der Waals surface area contributed by atoms with Crippen LogP contribution in [-0.2, 0) is 0 Å². The summed E-state index contributed by atoms with van der Waals surface area (Å²) in [5.41, 5.74) is 1.08. The number of rotatable bonds is 5. The van der Waals surface area contributed by atoms with Gasteiger partial charge in [-0.25, -0.2) is 4.79 Å². The van der Waals surface area contributed by atoms with Gasteiger partial charge in [0.2, 0.25) is 0 Å². The van der Waals surface area contributed by atoms with E-state index >= 15 is 0 Å². The molecule has 0 heterocycles. The highest BCUT2D eigenvalue weighted by molar-refractivity contribution is 5.96. The van der Waals surface area contributed by atoms with Crippen molar-refractivity contribution >= 4 is 17.6 Å². The van der Waals surface area contributed by atoms with E-state index in [9.17, 15) is 9.59 Å². The van der Waals surface area contributed by atoms with Crippen molar-refractivity contribution in [2.45, 2.75) is 6.92 Å². The molecule has 3 N–H and O–H groups in total. The van der Waals surface area contributed by atoms with E-state index in [1.807, 2.05) is 6.92 Å². The van der Waals surface area contributed by atoms with Gasteiger partial charge in [0, 0.05) is 24.3 Å². The summed E-state index contributed by atoms with van der Waals surface area (Å²) in [7, 11) is 0. The minimum absolute atomic E-state index is 0.160. The lowest BCUT2D eigenvalue weighted by Gasteiger charge is -2.07. The van der Waals surface area contributed by atoms with Crippen molar-refractivity contribution in [2.24, 2.45) is 0 Å². The highest BCUT2D eigenvalue weighted by Gasteiger charge is 2.06. The molecular formula is C13H17N3O2. The molecule has 0 saturated carbocycles. The van der Waals surface area contributed by atoms with Gasteiger partial charge < -0.3 is 16.0 Å². The zero-order valence-electron chi connectivity index (χ0n) is 10.3. The van der Waals surface area contributed by atoms with E-state index < -0.39 is 0 Å². The molecule has 96 valence electrons. The predicted molar refractivity (Wildman–Crippen MR) is 71.7 cm³/mol. The fraction of sp³-hybridized carbons (Fsp3) is 0.231. The van der Waals surface area contributed by atoms with Gasteiger partial charge in [0.15, 0.2) is 0 Å². The zero-order valence-corrected chi connectivity index (χ0v) is 10.3. The largest absolute Gasteiger partial charge is 0.352 e. The molecule has 5 heteroatoms. The lowest BCUT2D eigenvalue weighted by Crippen LogP contribution is -2.29. The quantitative estimate of drug-likeness (QED) is 0.694. The molecule has 0 fully saturated rings. The van der Waals surface area contributed by atoms with Crippen LogP contribution in [0, 0.1) is 0 Å². The first-order valence-corrected chi connectivity index (χ1v) is 5.71. The first-order valence-electron chi connectivity index (χ1n) is 5.71. The van der Waals surface area contributed by atoms with Crippen LogP contribution in [0.1, 0.15) is 17.3 Å². The predicted octanol–water partition coefficient (Wildman–Crippen LogP) is 1.74. The molecule has 0 saturated heterocycles. The molecule has 0 atom stereocenters. The number of nitrogens with one attached hydrogen (secondary N) is 3. The first-order chi connectivity index (χ1) is 8.67. The average Bonchev–Trinajstić information content (AvgIpc) is 2.37. The molecule has 1 aromatic rings. The first kappa shape index (κ1) is 13.8. The van der Waals surface area contributed by atoms with Crippen molar-refractivity contribution in [2.75, 3.05) is 18.4 Å². The third-order valence-electron chi connectivity index (χ3n) is 2.13. The van der Waals surface area contributed by atoms with Gasteiger partial charge in [-0.05, 0) is 25.1 Å². The van der Waals surface area contributed by atoms with Gasteiger partial charge in [-0.3, -0.25) is 4.79 Å². The van der Waals surface area contributed by atoms with E-state index in [4.69, 9.17) is 0 Å². The average molecular weight is 247 g/mol. The molecule has 1 rings (SSSR count). The molecule has 0 aromatic heterocycles. The van der Waals surface area contributed by atoms with Gasteiger partial charge >= 0.3 is 6.03 Å². The zero-order chi connectivity index (χ0) is 13.4. The summed E-state index contributed by atoms with van der Waals surface area (Å²) in [5, 5.41) is 7.92. The van der Waals surface area contributed by atoms with Crippen LogP contribution in [0.2, 0.25) is 0 Å². The van der Waals surface area contributed by atoms with E-state index in [1.54, 1.807) is 30.3 Å². The Hall–Kier alpha value is -2.30. The Kier molecular flexibility index (Phi) is 5.44. The Morgan fingerprint density at radius 1 is 1.33 bits per heavy atom. The highest BCUT2D eigenvalue weighted by Crippen LogP contribution is 2.10. The number of amides is 3. The summed E-state index contributed by atoms with van der Waals surface area (Å²) >= 11 is 0. The summed E-state index contributed by atoms with van der Waals surface area (Å²) in [6.45, 7) is 6.31. The van der Waals surface area contributed by atoms with Crippen LogP contribution >= 0.6 is 0 Å². The van der Waals surface area contributed by atoms with Crippen LogP contribution in [0.25, 0.3) is 0 Å². The molecule has 5 nitrogen and oxygen atoms in total. The van der Waals surface area contributed by atoms with E-state index in [-0.39, 0.29) is 11.9 Å². The Bertz CT molecular complexity index is 444. The number of anilines is 1. The second kappa shape index (κ2) is 7.11. The topological polar surface area (TPSA) is 70.2 Å². The second-order valence-corrected chi connectivity index (χ2v) is 3.56. The van der Waals surface area contributed by atoms with Crippen molar-refractivity contribution in [1.29, 1.82) is 0 Å². The maximum absolute atomic E-state index is 11.6. The van der Waals surface area contributed by atoms with Gasteiger partial charge in [0.25, 0.3) is 5.91 Å². The monoisotopic (exact) mass is 247 g/mol. The van der Waals surface area contributed by atoms with Crippen LogP contribution in [0.5, 0.6) is 0 Å². The second-order valence-electron chi connectivity index (χ2n) is 3.56. The van der Waals surface area contributed by atoms with Crippen LogP contribution < -0.4 is 16.0 Å². The van der Waals surface area contributed by atoms with Crippen molar-refractivity contribution < 1.29 is 9.59 Å². The van der Waals surface area contributed by atoms with Gasteiger partial charge in [0.1, 0.15) is 0 Å².